The van der Waals surface area contributed by atoms with E-state index in [-0.39, 0.29) is 32.9 Å². The molecule has 0 atom stereocenters. The minimum atomic E-state index is -0.523. The molecule has 6 nitrogen and oxygen atoms in total. The first-order valence-electron chi connectivity index (χ1n) is 10.4. The number of hydrogen-bond acceptors (Lipinski definition) is 6. The number of benzene rings is 3. The zero-order valence-electron chi connectivity index (χ0n) is 19.2. The summed E-state index contributed by atoms with van der Waals surface area (Å²) in [5.74, 6) is -0.673. The quantitative estimate of drug-likeness (QED) is 0.304. The summed E-state index contributed by atoms with van der Waals surface area (Å²) in [6.07, 6.45) is 0.542. The molecular formula is C26H24ClN3O3S. The Labute approximate surface area is 208 Å². The molecule has 0 aromatic heterocycles. The molecular weight excluding hydrogens is 470 g/mol. The topological polar surface area (TPSA) is 93.4 Å². The molecule has 2 N–H and O–H groups in total. The minimum absolute atomic E-state index is 0.0348. The third-order valence-corrected chi connectivity index (χ3v) is 6.41. The van der Waals surface area contributed by atoms with E-state index in [0.29, 0.717) is 17.7 Å². The van der Waals surface area contributed by atoms with Gasteiger partial charge in [0.1, 0.15) is 5.75 Å². The Kier molecular flexibility index (Phi) is 7.55. The highest BCUT2D eigenvalue weighted by Gasteiger charge is 2.24. The average molecular weight is 494 g/mol. The van der Waals surface area contributed by atoms with Gasteiger partial charge in [-0.25, -0.2) is 0 Å². The van der Waals surface area contributed by atoms with Crippen LogP contribution in [0.4, 0.5) is 11.4 Å². The molecule has 1 amide bonds. The van der Waals surface area contributed by atoms with E-state index < -0.39 is 5.91 Å². The van der Waals surface area contributed by atoms with Gasteiger partial charge in [-0.1, -0.05) is 44.5 Å². The standard InChI is InChI=1S/C26H24ClN3O3S/c1-26(2,3)17-5-7-20(8-6-17)34-29-23-10-9-22(27)21(15-31)24(23)25(33)30(4)18-11-16(14-28)12-19(32)13-18/h5-13,15,29,32H,1-4H3. The van der Waals surface area contributed by atoms with Crippen LogP contribution in [0.25, 0.3) is 0 Å². The number of nitriles is 1. The maximum absolute atomic E-state index is 13.5. The highest BCUT2D eigenvalue weighted by Crippen LogP contribution is 2.33. The third kappa shape index (κ3) is 5.53. The number of phenolic OH excluding ortho intramolecular Hbond substituents is 1. The van der Waals surface area contributed by atoms with E-state index in [1.165, 1.54) is 47.7 Å². The van der Waals surface area contributed by atoms with Crippen LogP contribution in [0.15, 0.2) is 59.5 Å². The van der Waals surface area contributed by atoms with Gasteiger partial charge in [0.25, 0.3) is 5.91 Å². The molecule has 0 spiro atoms. The number of aromatic hydroxyl groups is 1. The Balaban J connectivity index is 1.95. The van der Waals surface area contributed by atoms with Gasteiger partial charge < -0.3 is 14.7 Å². The Morgan fingerprint density at radius 2 is 1.82 bits per heavy atom. The number of aldehydes is 1. The smallest absolute Gasteiger partial charge is 0.260 e. The van der Waals surface area contributed by atoms with Gasteiger partial charge >= 0.3 is 0 Å². The molecule has 3 aromatic rings. The molecule has 0 heterocycles. The molecule has 0 radical (unpaired) electrons. The fourth-order valence-electron chi connectivity index (χ4n) is 3.30. The molecule has 0 unspecified atom stereocenters. The molecule has 0 aliphatic heterocycles. The number of amides is 1. The minimum Gasteiger partial charge on any atom is -0.508 e. The van der Waals surface area contributed by atoms with Crippen LogP contribution in [0.2, 0.25) is 5.02 Å². The molecule has 3 rings (SSSR count). The van der Waals surface area contributed by atoms with Crippen LogP contribution in [0.1, 0.15) is 52.6 Å². The van der Waals surface area contributed by atoms with E-state index in [0.717, 1.165) is 4.90 Å². The predicted molar refractivity (Wildman–Crippen MR) is 137 cm³/mol. The van der Waals surface area contributed by atoms with Crippen molar-refractivity contribution in [2.45, 2.75) is 31.1 Å². The number of nitrogens with one attached hydrogen (secondary N) is 1. The number of phenols is 1. The summed E-state index contributed by atoms with van der Waals surface area (Å²) < 4.78 is 3.16. The summed E-state index contributed by atoms with van der Waals surface area (Å²) in [5, 5.41) is 19.3. The lowest BCUT2D eigenvalue weighted by Crippen LogP contribution is -2.28. The summed E-state index contributed by atoms with van der Waals surface area (Å²) in [6.45, 7) is 6.42. The summed E-state index contributed by atoms with van der Waals surface area (Å²) in [6, 6.07) is 17.3. The first-order valence-corrected chi connectivity index (χ1v) is 11.6. The Bertz CT molecular complexity index is 1280. The first-order chi connectivity index (χ1) is 16.0. The van der Waals surface area contributed by atoms with Crippen molar-refractivity contribution in [1.82, 2.24) is 0 Å². The van der Waals surface area contributed by atoms with Crippen LogP contribution in [0, 0.1) is 11.3 Å². The highest BCUT2D eigenvalue weighted by atomic mass is 35.5. The van der Waals surface area contributed by atoms with E-state index in [1.807, 2.05) is 18.2 Å². The SMILES string of the molecule is CN(C(=O)c1c(NSc2ccc(C(C)(C)C)cc2)ccc(Cl)c1C=O)c1cc(O)cc(C#N)c1. The molecule has 0 aliphatic carbocycles. The van der Waals surface area contributed by atoms with Gasteiger partial charge in [0.2, 0.25) is 0 Å². The van der Waals surface area contributed by atoms with Crippen molar-refractivity contribution in [3.63, 3.8) is 0 Å². The van der Waals surface area contributed by atoms with Gasteiger partial charge in [-0.05, 0) is 59.3 Å². The molecule has 174 valence electrons. The summed E-state index contributed by atoms with van der Waals surface area (Å²) in [5.41, 5.74) is 2.28. The summed E-state index contributed by atoms with van der Waals surface area (Å²) in [4.78, 5) is 27.5. The fraction of sp³-hybridized carbons (Fsp3) is 0.192. The van der Waals surface area contributed by atoms with Crippen LogP contribution < -0.4 is 9.62 Å². The molecule has 8 heteroatoms. The number of halogens is 1. The molecule has 34 heavy (non-hydrogen) atoms. The lowest BCUT2D eigenvalue weighted by Gasteiger charge is -2.22. The molecule has 0 bridgehead atoms. The van der Waals surface area contributed by atoms with Crippen molar-refractivity contribution in [2.24, 2.45) is 0 Å². The van der Waals surface area contributed by atoms with Crippen molar-refractivity contribution in [3.8, 4) is 11.8 Å². The van der Waals surface area contributed by atoms with Gasteiger partial charge in [-0.15, -0.1) is 0 Å². The lowest BCUT2D eigenvalue weighted by atomic mass is 9.87. The number of nitrogens with zero attached hydrogens (tertiary/aromatic N) is 2. The van der Waals surface area contributed by atoms with E-state index in [4.69, 9.17) is 11.6 Å². The van der Waals surface area contributed by atoms with Gasteiger partial charge in [0.15, 0.2) is 6.29 Å². The Morgan fingerprint density at radius 1 is 1.15 bits per heavy atom. The zero-order valence-corrected chi connectivity index (χ0v) is 20.8. The van der Waals surface area contributed by atoms with E-state index in [1.54, 1.807) is 12.1 Å². The second kappa shape index (κ2) is 10.2. The zero-order chi connectivity index (χ0) is 25.0. The van der Waals surface area contributed by atoms with Crippen molar-refractivity contribution in [3.05, 3.63) is 81.9 Å². The monoisotopic (exact) mass is 493 g/mol. The Hall–Kier alpha value is -3.47. The fourth-order valence-corrected chi connectivity index (χ4v) is 4.17. The maximum atomic E-state index is 13.5. The largest absolute Gasteiger partial charge is 0.508 e. The van der Waals surface area contributed by atoms with E-state index in [2.05, 4.69) is 37.6 Å². The van der Waals surface area contributed by atoms with E-state index in [9.17, 15) is 20.0 Å². The molecule has 0 saturated carbocycles. The van der Waals surface area contributed by atoms with Gasteiger partial charge in [-0.3, -0.25) is 9.59 Å². The van der Waals surface area contributed by atoms with Crippen molar-refractivity contribution in [1.29, 1.82) is 5.26 Å². The molecule has 0 saturated heterocycles. The summed E-state index contributed by atoms with van der Waals surface area (Å²) in [7, 11) is 1.50. The van der Waals surface area contributed by atoms with Crippen LogP contribution in [0.5, 0.6) is 5.75 Å². The van der Waals surface area contributed by atoms with Crippen molar-refractivity contribution >= 4 is 47.1 Å². The van der Waals surface area contributed by atoms with Crippen LogP contribution in [0.3, 0.4) is 0 Å². The average Bonchev–Trinajstić information content (AvgIpc) is 2.81. The number of carbonyl (C=O) groups excluding carboxylic acids is 2. The van der Waals surface area contributed by atoms with Gasteiger partial charge in [0.05, 0.1) is 27.9 Å². The van der Waals surface area contributed by atoms with E-state index >= 15 is 0 Å². The van der Waals surface area contributed by atoms with Crippen molar-refractivity contribution in [2.75, 3.05) is 16.7 Å². The van der Waals surface area contributed by atoms with Crippen molar-refractivity contribution < 1.29 is 14.7 Å². The normalized spacial score (nSPS) is 10.9. The molecule has 0 fully saturated rings. The highest BCUT2D eigenvalue weighted by molar-refractivity contribution is 8.00. The third-order valence-electron chi connectivity index (χ3n) is 5.25. The second-order valence-electron chi connectivity index (χ2n) is 8.69. The predicted octanol–water partition coefficient (Wildman–Crippen LogP) is 6.42. The molecule has 0 aliphatic rings. The van der Waals surface area contributed by atoms with Gasteiger partial charge in [-0.2, -0.15) is 5.26 Å². The summed E-state index contributed by atoms with van der Waals surface area (Å²) >= 11 is 7.53. The molecule has 3 aromatic carbocycles. The van der Waals surface area contributed by atoms with Gasteiger partial charge in [0, 0.05) is 29.3 Å². The number of rotatable bonds is 6. The second-order valence-corrected chi connectivity index (χ2v) is 9.98. The lowest BCUT2D eigenvalue weighted by molar-refractivity contribution is 0.0987. The maximum Gasteiger partial charge on any atom is 0.260 e. The van der Waals surface area contributed by atoms with Crippen LogP contribution in [-0.4, -0.2) is 24.3 Å². The Morgan fingerprint density at radius 3 is 2.41 bits per heavy atom. The number of carbonyl (C=O) groups is 2. The number of hydrogen-bond donors (Lipinski definition) is 2. The van der Waals surface area contributed by atoms with Crippen LogP contribution in [-0.2, 0) is 5.41 Å². The van der Waals surface area contributed by atoms with Crippen LogP contribution >= 0.6 is 23.5 Å². The number of anilines is 2. The first kappa shape index (κ1) is 25.2.